The lowest BCUT2D eigenvalue weighted by atomic mass is 10.1. The molecule has 0 aromatic heterocycles. The van der Waals surface area contributed by atoms with Gasteiger partial charge in [-0.2, -0.15) is 0 Å². The molecule has 2 N–H and O–H groups in total. The van der Waals surface area contributed by atoms with Crippen molar-refractivity contribution in [2.75, 3.05) is 25.5 Å². The molecule has 1 aliphatic carbocycles. The van der Waals surface area contributed by atoms with Crippen LogP contribution in [0.4, 0.5) is 10.1 Å². The summed E-state index contributed by atoms with van der Waals surface area (Å²) in [5.74, 6) is -0.213. The Labute approximate surface area is 107 Å². The van der Waals surface area contributed by atoms with E-state index in [1.54, 1.807) is 13.0 Å². The van der Waals surface area contributed by atoms with Gasteiger partial charge in [0.2, 0.25) is 0 Å². The molecule has 0 bridgehead atoms. The average Bonchev–Trinajstić information content (AvgIpc) is 3.03. The van der Waals surface area contributed by atoms with Crippen molar-refractivity contribution >= 4 is 17.3 Å². The van der Waals surface area contributed by atoms with Gasteiger partial charge in [-0.1, -0.05) is 11.6 Å². The van der Waals surface area contributed by atoms with Gasteiger partial charge in [-0.05, 0) is 44.5 Å². The topological polar surface area (TPSA) is 24.1 Å². The summed E-state index contributed by atoms with van der Waals surface area (Å²) in [5, 5.41) is 7.04. The third kappa shape index (κ3) is 2.90. The first-order chi connectivity index (χ1) is 8.06. The minimum atomic E-state index is -0.213. The summed E-state index contributed by atoms with van der Waals surface area (Å²) in [6.45, 7) is 3.55. The maximum Gasteiger partial charge on any atom is 0.128 e. The van der Waals surface area contributed by atoms with Crippen molar-refractivity contribution in [3.05, 3.63) is 28.5 Å². The first-order valence-electron chi connectivity index (χ1n) is 5.90. The zero-order valence-corrected chi connectivity index (χ0v) is 11.0. The molecule has 0 amide bonds. The second-order valence-corrected chi connectivity index (χ2v) is 5.37. The number of anilines is 1. The van der Waals surface area contributed by atoms with Crippen LogP contribution in [0.25, 0.3) is 0 Å². The molecular weight excluding hydrogens is 239 g/mol. The van der Waals surface area contributed by atoms with Crippen molar-refractivity contribution in [3.63, 3.8) is 0 Å². The van der Waals surface area contributed by atoms with E-state index in [0.717, 1.165) is 13.1 Å². The number of hydrogen-bond acceptors (Lipinski definition) is 2. The lowest BCUT2D eigenvalue weighted by Crippen LogP contribution is -2.26. The Morgan fingerprint density at radius 2 is 2.06 bits per heavy atom. The van der Waals surface area contributed by atoms with E-state index in [0.29, 0.717) is 21.7 Å². The number of aryl methyl sites for hydroxylation is 1. The number of rotatable bonds is 5. The Kier molecular flexibility index (Phi) is 3.59. The van der Waals surface area contributed by atoms with Gasteiger partial charge in [-0.25, -0.2) is 4.39 Å². The smallest absolute Gasteiger partial charge is 0.128 e. The van der Waals surface area contributed by atoms with Crippen LogP contribution in [0.15, 0.2) is 12.1 Å². The fourth-order valence-electron chi connectivity index (χ4n) is 2.03. The minimum Gasteiger partial charge on any atom is -0.383 e. The van der Waals surface area contributed by atoms with E-state index in [9.17, 15) is 4.39 Å². The Morgan fingerprint density at radius 3 is 2.65 bits per heavy atom. The molecule has 1 aromatic carbocycles. The molecule has 1 saturated carbocycles. The van der Waals surface area contributed by atoms with Crippen LogP contribution in [0.1, 0.15) is 18.4 Å². The monoisotopic (exact) mass is 256 g/mol. The molecule has 0 aliphatic heterocycles. The highest BCUT2D eigenvalue weighted by atomic mass is 35.5. The van der Waals surface area contributed by atoms with Gasteiger partial charge < -0.3 is 10.6 Å². The molecule has 0 atom stereocenters. The van der Waals surface area contributed by atoms with Crippen LogP contribution in [0.2, 0.25) is 5.02 Å². The first-order valence-corrected chi connectivity index (χ1v) is 6.28. The van der Waals surface area contributed by atoms with Gasteiger partial charge in [0.1, 0.15) is 5.82 Å². The number of hydrogen-bond donors (Lipinski definition) is 2. The molecule has 94 valence electrons. The summed E-state index contributed by atoms with van der Waals surface area (Å²) >= 11 is 6.08. The number of halogens is 2. The summed E-state index contributed by atoms with van der Waals surface area (Å²) in [7, 11) is 1.96. The van der Waals surface area contributed by atoms with Crippen LogP contribution in [-0.2, 0) is 0 Å². The normalized spacial score (nSPS) is 16.9. The lowest BCUT2D eigenvalue weighted by Gasteiger charge is -2.17. The van der Waals surface area contributed by atoms with Crippen molar-refractivity contribution < 1.29 is 4.39 Å². The molecule has 2 rings (SSSR count). The standard InChI is InChI=1S/C13H18ClFN2/c1-9-5-10(14)12(6-11(9)15)17-8-13(3-4-13)7-16-2/h5-6,16-17H,3-4,7-8H2,1-2H3. The van der Waals surface area contributed by atoms with Crippen LogP contribution in [0.3, 0.4) is 0 Å². The highest BCUT2D eigenvalue weighted by Gasteiger charge is 2.41. The van der Waals surface area contributed by atoms with Crippen LogP contribution < -0.4 is 10.6 Å². The maximum atomic E-state index is 13.4. The third-order valence-electron chi connectivity index (χ3n) is 3.41. The van der Waals surface area contributed by atoms with E-state index in [4.69, 9.17) is 11.6 Å². The molecule has 0 radical (unpaired) electrons. The largest absolute Gasteiger partial charge is 0.383 e. The lowest BCUT2D eigenvalue weighted by molar-refractivity contribution is 0.507. The van der Waals surface area contributed by atoms with Crippen LogP contribution in [0, 0.1) is 18.2 Å². The molecule has 1 fully saturated rings. The molecule has 1 aromatic rings. The van der Waals surface area contributed by atoms with Crippen molar-refractivity contribution in [1.29, 1.82) is 0 Å². The van der Waals surface area contributed by atoms with E-state index >= 15 is 0 Å². The number of benzene rings is 1. The van der Waals surface area contributed by atoms with Gasteiger partial charge in [0.15, 0.2) is 0 Å². The molecule has 17 heavy (non-hydrogen) atoms. The molecule has 1 aliphatic rings. The van der Waals surface area contributed by atoms with Gasteiger partial charge >= 0.3 is 0 Å². The van der Waals surface area contributed by atoms with Crippen molar-refractivity contribution in [1.82, 2.24) is 5.32 Å². The Bertz CT molecular complexity index is 416. The first kappa shape index (κ1) is 12.7. The predicted octanol–water partition coefficient (Wildman–Crippen LogP) is 3.20. The zero-order chi connectivity index (χ0) is 12.5. The van der Waals surface area contributed by atoms with Crippen LogP contribution in [0.5, 0.6) is 0 Å². The van der Waals surface area contributed by atoms with Crippen molar-refractivity contribution in [2.45, 2.75) is 19.8 Å². The second-order valence-electron chi connectivity index (χ2n) is 4.97. The summed E-state index contributed by atoms with van der Waals surface area (Å²) in [6.07, 6.45) is 2.43. The van der Waals surface area contributed by atoms with Gasteiger partial charge in [0, 0.05) is 18.5 Å². The van der Waals surface area contributed by atoms with E-state index in [1.807, 2.05) is 7.05 Å². The summed E-state index contributed by atoms with van der Waals surface area (Å²) in [5.41, 5.74) is 1.61. The summed E-state index contributed by atoms with van der Waals surface area (Å²) in [4.78, 5) is 0. The third-order valence-corrected chi connectivity index (χ3v) is 3.72. The Balaban J connectivity index is 2.02. The number of nitrogens with one attached hydrogen (secondary N) is 2. The van der Waals surface area contributed by atoms with Crippen molar-refractivity contribution in [2.24, 2.45) is 5.41 Å². The second kappa shape index (κ2) is 4.83. The molecule has 0 spiro atoms. The molecule has 0 heterocycles. The molecular formula is C13H18ClFN2. The maximum absolute atomic E-state index is 13.4. The minimum absolute atomic E-state index is 0.213. The highest BCUT2D eigenvalue weighted by Crippen LogP contribution is 2.45. The van der Waals surface area contributed by atoms with Gasteiger partial charge in [0.05, 0.1) is 10.7 Å². The molecule has 2 nitrogen and oxygen atoms in total. The Morgan fingerprint density at radius 1 is 1.35 bits per heavy atom. The van der Waals surface area contributed by atoms with Crippen molar-refractivity contribution in [3.8, 4) is 0 Å². The fraction of sp³-hybridized carbons (Fsp3) is 0.538. The average molecular weight is 257 g/mol. The summed E-state index contributed by atoms with van der Waals surface area (Å²) in [6, 6.07) is 3.14. The SMILES string of the molecule is CNCC1(CNc2cc(F)c(C)cc2Cl)CC1. The van der Waals surface area contributed by atoms with Crippen LogP contribution >= 0.6 is 11.6 Å². The van der Waals surface area contributed by atoms with Gasteiger partial charge in [-0.3, -0.25) is 0 Å². The van der Waals surface area contributed by atoms with E-state index < -0.39 is 0 Å². The van der Waals surface area contributed by atoms with Crippen LogP contribution in [-0.4, -0.2) is 20.1 Å². The van der Waals surface area contributed by atoms with E-state index in [-0.39, 0.29) is 5.82 Å². The summed E-state index contributed by atoms with van der Waals surface area (Å²) < 4.78 is 13.4. The molecule has 4 heteroatoms. The molecule has 0 saturated heterocycles. The highest BCUT2D eigenvalue weighted by molar-refractivity contribution is 6.33. The van der Waals surface area contributed by atoms with E-state index in [1.165, 1.54) is 18.9 Å². The van der Waals surface area contributed by atoms with Gasteiger partial charge in [-0.15, -0.1) is 0 Å². The fourth-order valence-corrected chi connectivity index (χ4v) is 2.32. The van der Waals surface area contributed by atoms with Gasteiger partial charge in [0.25, 0.3) is 0 Å². The van der Waals surface area contributed by atoms with E-state index in [2.05, 4.69) is 10.6 Å². The zero-order valence-electron chi connectivity index (χ0n) is 10.2. The quantitative estimate of drug-likeness (QED) is 0.846. The predicted molar refractivity (Wildman–Crippen MR) is 70.2 cm³/mol. The molecule has 0 unspecified atom stereocenters. The Hall–Kier alpha value is -0.800.